The zero-order chi connectivity index (χ0) is 19.2. The summed E-state index contributed by atoms with van der Waals surface area (Å²) >= 11 is 0. The number of nitrogens with one attached hydrogen (secondary N) is 1. The smallest absolute Gasteiger partial charge is 0.475 e. The van der Waals surface area contributed by atoms with E-state index in [0.717, 1.165) is 22.1 Å². The molecule has 2 aromatic carbocycles. The second-order valence-electron chi connectivity index (χ2n) is 6.46. The van der Waals surface area contributed by atoms with E-state index < -0.39 is 13.1 Å². The Bertz CT molecular complexity index is 908. The van der Waals surface area contributed by atoms with Crippen molar-refractivity contribution >= 4 is 24.0 Å². The maximum Gasteiger partial charge on any atom is 0.475 e. The maximum absolute atomic E-state index is 12.2. The number of para-hydroxylation sites is 1. The molecule has 0 fully saturated rings. The predicted molar refractivity (Wildman–Crippen MR) is 103 cm³/mol. The lowest BCUT2D eigenvalue weighted by Crippen LogP contribution is -2.48. The Kier molecular flexibility index (Phi) is 6.16. The lowest BCUT2D eigenvalue weighted by Gasteiger charge is -2.17. The summed E-state index contributed by atoms with van der Waals surface area (Å²) in [6, 6.07) is 15.1. The molecule has 1 atom stereocenters. The molecular formula is C20H22BNO5. The molecule has 0 bridgehead atoms. The highest BCUT2D eigenvalue weighted by atomic mass is 16.5. The van der Waals surface area contributed by atoms with Crippen LogP contribution < -0.4 is 10.1 Å². The largest absolute Gasteiger partial charge is 0.493 e. The van der Waals surface area contributed by atoms with Crippen LogP contribution in [0.2, 0.25) is 0 Å². The van der Waals surface area contributed by atoms with Crippen LogP contribution in [-0.4, -0.2) is 35.6 Å². The molecule has 0 saturated carbocycles. The van der Waals surface area contributed by atoms with Gasteiger partial charge >= 0.3 is 7.12 Å². The third-order valence-electron chi connectivity index (χ3n) is 4.29. The van der Waals surface area contributed by atoms with E-state index in [1.165, 1.54) is 0 Å². The zero-order valence-corrected chi connectivity index (χ0v) is 15.1. The standard InChI is InChI=1S/C20H22BNO5/c1-14-5-4-6-16(11-14)26-10-9-20(23)22-19(21(24)25)12-15-13-27-18-8-3-2-7-17(15)18/h2-8,11,13,19,24-25H,9-10,12H2,1H3,(H,22,23)/t19-/m0/s1. The van der Waals surface area contributed by atoms with Crippen LogP contribution in [0.5, 0.6) is 5.75 Å². The molecule has 0 unspecified atom stereocenters. The van der Waals surface area contributed by atoms with E-state index in [-0.39, 0.29) is 25.4 Å². The van der Waals surface area contributed by atoms with Gasteiger partial charge in [0.05, 0.1) is 25.2 Å². The first-order chi connectivity index (χ1) is 13.0. The number of hydrogen-bond donors (Lipinski definition) is 3. The first-order valence-corrected chi connectivity index (χ1v) is 8.83. The number of hydrogen-bond acceptors (Lipinski definition) is 5. The van der Waals surface area contributed by atoms with Crippen molar-refractivity contribution in [3.63, 3.8) is 0 Å². The van der Waals surface area contributed by atoms with Gasteiger partial charge in [-0.3, -0.25) is 4.79 Å². The highest BCUT2D eigenvalue weighted by Gasteiger charge is 2.26. The number of aryl methyl sites for hydroxylation is 1. The van der Waals surface area contributed by atoms with Crippen molar-refractivity contribution in [3.05, 3.63) is 65.9 Å². The van der Waals surface area contributed by atoms with E-state index in [2.05, 4.69) is 5.32 Å². The van der Waals surface area contributed by atoms with E-state index >= 15 is 0 Å². The van der Waals surface area contributed by atoms with Gasteiger partial charge in [0.2, 0.25) is 5.91 Å². The number of carbonyl (C=O) groups is 1. The molecule has 0 aliphatic heterocycles. The summed E-state index contributed by atoms with van der Waals surface area (Å²) in [5, 5.41) is 22.8. The van der Waals surface area contributed by atoms with Crippen LogP contribution >= 0.6 is 0 Å². The summed E-state index contributed by atoms with van der Waals surface area (Å²) in [4.78, 5) is 12.2. The number of amides is 1. The minimum absolute atomic E-state index is 0.114. The molecule has 27 heavy (non-hydrogen) atoms. The van der Waals surface area contributed by atoms with E-state index in [4.69, 9.17) is 9.15 Å². The molecule has 0 spiro atoms. The molecule has 3 N–H and O–H groups in total. The van der Waals surface area contributed by atoms with E-state index in [1.54, 1.807) is 6.26 Å². The molecule has 6 nitrogen and oxygen atoms in total. The Hall–Kier alpha value is -2.77. The lowest BCUT2D eigenvalue weighted by molar-refractivity contribution is -0.122. The van der Waals surface area contributed by atoms with Gasteiger partial charge in [-0.05, 0) is 42.7 Å². The number of ether oxygens (including phenoxy) is 1. The van der Waals surface area contributed by atoms with Crippen molar-refractivity contribution in [2.24, 2.45) is 0 Å². The van der Waals surface area contributed by atoms with Crippen molar-refractivity contribution in [1.29, 1.82) is 0 Å². The molecular weight excluding hydrogens is 345 g/mol. The number of carbonyl (C=O) groups excluding carboxylic acids is 1. The van der Waals surface area contributed by atoms with Crippen molar-refractivity contribution in [2.75, 3.05) is 6.61 Å². The minimum atomic E-state index is -1.68. The number of fused-ring (bicyclic) bond motifs is 1. The topological polar surface area (TPSA) is 91.9 Å². The average Bonchev–Trinajstić information content (AvgIpc) is 3.04. The third-order valence-corrected chi connectivity index (χ3v) is 4.29. The number of rotatable bonds is 8. The van der Waals surface area contributed by atoms with E-state index in [1.807, 2.05) is 55.5 Å². The summed E-state index contributed by atoms with van der Waals surface area (Å²) in [5.41, 5.74) is 2.60. The van der Waals surface area contributed by atoms with Gasteiger partial charge in [0, 0.05) is 5.39 Å². The van der Waals surface area contributed by atoms with E-state index in [9.17, 15) is 14.8 Å². The van der Waals surface area contributed by atoms with Crippen molar-refractivity contribution in [3.8, 4) is 5.75 Å². The summed E-state index contributed by atoms with van der Waals surface area (Å²) in [6.07, 6.45) is 1.94. The number of benzene rings is 2. The highest BCUT2D eigenvalue weighted by molar-refractivity contribution is 6.43. The molecule has 0 aliphatic carbocycles. The highest BCUT2D eigenvalue weighted by Crippen LogP contribution is 2.22. The van der Waals surface area contributed by atoms with Crippen molar-refractivity contribution in [2.45, 2.75) is 25.7 Å². The van der Waals surface area contributed by atoms with Crippen LogP contribution in [0.4, 0.5) is 0 Å². The summed E-state index contributed by atoms with van der Waals surface area (Å²) in [7, 11) is -1.68. The lowest BCUT2D eigenvalue weighted by atomic mass is 9.76. The van der Waals surface area contributed by atoms with Crippen molar-refractivity contribution in [1.82, 2.24) is 5.32 Å². The fourth-order valence-corrected chi connectivity index (χ4v) is 2.90. The van der Waals surface area contributed by atoms with Crippen LogP contribution in [0.3, 0.4) is 0 Å². The fraction of sp³-hybridized carbons (Fsp3) is 0.250. The van der Waals surface area contributed by atoms with Crippen LogP contribution in [0.25, 0.3) is 11.0 Å². The summed E-state index contributed by atoms with van der Waals surface area (Å²) < 4.78 is 11.0. The molecule has 0 aliphatic rings. The van der Waals surface area contributed by atoms with Gasteiger partial charge in [-0.15, -0.1) is 0 Å². The van der Waals surface area contributed by atoms with Gasteiger partial charge in [0.1, 0.15) is 11.3 Å². The molecule has 1 heterocycles. The Morgan fingerprint density at radius 2 is 2.04 bits per heavy atom. The first kappa shape index (κ1) is 19.0. The minimum Gasteiger partial charge on any atom is -0.493 e. The average molecular weight is 367 g/mol. The predicted octanol–water partition coefficient (Wildman–Crippen LogP) is 2.25. The Labute approximate surface area is 157 Å². The summed E-state index contributed by atoms with van der Waals surface area (Å²) in [5.74, 6) is -0.447. The molecule has 0 saturated heterocycles. The SMILES string of the molecule is Cc1cccc(OCCC(=O)N[C@@H](Cc2coc3ccccc23)B(O)O)c1. The van der Waals surface area contributed by atoms with Crippen LogP contribution in [0.1, 0.15) is 17.5 Å². The second kappa shape index (κ2) is 8.75. The molecule has 3 aromatic rings. The summed E-state index contributed by atoms with van der Waals surface area (Å²) in [6.45, 7) is 2.17. The molecule has 3 rings (SSSR count). The van der Waals surface area contributed by atoms with Gasteiger partial charge in [0.25, 0.3) is 0 Å². The van der Waals surface area contributed by atoms with Crippen LogP contribution in [0.15, 0.2) is 59.2 Å². The molecule has 1 amide bonds. The third kappa shape index (κ3) is 5.12. The van der Waals surface area contributed by atoms with Crippen molar-refractivity contribution < 1.29 is 24.0 Å². The molecule has 1 aromatic heterocycles. The fourth-order valence-electron chi connectivity index (χ4n) is 2.90. The Morgan fingerprint density at radius 1 is 1.22 bits per heavy atom. The van der Waals surface area contributed by atoms with Gasteiger partial charge in [-0.25, -0.2) is 0 Å². The Morgan fingerprint density at radius 3 is 2.81 bits per heavy atom. The first-order valence-electron chi connectivity index (χ1n) is 8.83. The second-order valence-corrected chi connectivity index (χ2v) is 6.46. The quantitative estimate of drug-likeness (QED) is 0.531. The Balaban J connectivity index is 1.55. The van der Waals surface area contributed by atoms with E-state index in [0.29, 0.717) is 5.75 Å². The molecule has 7 heteroatoms. The maximum atomic E-state index is 12.2. The van der Waals surface area contributed by atoms with Gasteiger partial charge < -0.3 is 24.5 Å². The molecule has 140 valence electrons. The molecule has 0 radical (unpaired) electrons. The van der Waals surface area contributed by atoms with Crippen LogP contribution in [-0.2, 0) is 11.2 Å². The monoisotopic (exact) mass is 367 g/mol. The zero-order valence-electron chi connectivity index (χ0n) is 15.1. The van der Waals surface area contributed by atoms with Gasteiger partial charge in [-0.1, -0.05) is 30.3 Å². The van der Waals surface area contributed by atoms with Crippen LogP contribution in [0, 0.1) is 6.92 Å². The number of furan rings is 1. The normalized spacial score (nSPS) is 12.0. The van der Waals surface area contributed by atoms with Gasteiger partial charge in [-0.2, -0.15) is 0 Å². The van der Waals surface area contributed by atoms with Gasteiger partial charge in [0.15, 0.2) is 0 Å².